The number of nitrogens with one attached hydrogen (secondary N) is 1. The van der Waals surface area contributed by atoms with Crippen molar-refractivity contribution in [3.8, 4) is 5.75 Å². The van der Waals surface area contributed by atoms with Crippen LogP contribution >= 0.6 is 0 Å². The van der Waals surface area contributed by atoms with E-state index < -0.39 is 0 Å². The normalized spacial score (nSPS) is 14.4. The SMILES string of the molecule is COc1ccccc1CN(CC(Cc1ccc2ccccc2c1)NC(=O)CN1CCN(c2ccccc2)CC1)C(C)=O. The molecule has 0 spiro atoms. The number of carbonyl (C=O) groups excluding carboxylic acids is 2. The summed E-state index contributed by atoms with van der Waals surface area (Å²) in [6.07, 6.45) is 0.619. The Labute approximate surface area is 248 Å². The van der Waals surface area contributed by atoms with E-state index in [2.05, 4.69) is 69.7 Å². The van der Waals surface area contributed by atoms with Crippen molar-refractivity contribution in [2.24, 2.45) is 0 Å². The van der Waals surface area contributed by atoms with E-state index in [9.17, 15) is 9.59 Å². The number of carbonyl (C=O) groups is 2. The molecule has 218 valence electrons. The number of fused-ring (bicyclic) bond motifs is 1. The third-order valence-corrected chi connectivity index (χ3v) is 7.96. The summed E-state index contributed by atoms with van der Waals surface area (Å²) < 4.78 is 5.54. The topological polar surface area (TPSA) is 65.1 Å². The first-order valence-corrected chi connectivity index (χ1v) is 14.7. The summed E-state index contributed by atoms with van der Waals surface area (Å²) in [5, 5.41) is 5.62. The zero-order valence-electron chi connectivity index (χ0n) is 24.5. The van der Waals surface area contributed by atoms with Gasteiger partial charge < -0.3 is 19.9 Å². The van der Waals surface area contributed by atoms with Crippen molar-refractivity contribution in [3.63, 3.8) is 0 Å². The minimum atomic E-state index is -0.247. The fourth-order valence-electron chi connectivity index (χ4n) is 5.70. The second-order valence-electron chi connectivity index (χ2n) is 11.0. The number of hydrogen-bond acceptors (Lipinski definition) is 5. The smallest absolute Gasteiger partial charge is 0.234 e. The standard InChI is InChI=1S/C35H40N4O3/c1-27(40)39(24-31-12-8-9-15-34(31)42-2)25-32(23-28-16-17-29-10-6-7-11-30(29)22-28)36-35(41)26-37-18-20-38(21-19-37)33-13-4-3-5-14-33/h3-17,22,32H,18-21,23-26H2,1-2H3,(H,36,41). The van der Waals surface area contributed by atoms with Crippen LogP contribution in [0.4, 0.5) is 5.69 Å². The van der Waals surface area contributed by atoms with Gasteiger partial charge in [0.1, 0.15) is 5.75 Å². The summed E-state index contributed by atoms with van der Waals surface area (Å²) in [5.74, 6) is 0.680. The summed E-state index contributed by atoms with van der Waals surface area (Å²) in [6, 6.07) is 32.6. The van der Waals surface area contributed by atoms with Gasteiger partial charge in [-0.1, -0.05) is 78.9 Å². The van der Waals surface area contributed by atoms with Crippen molar-refractivity contribution < 1.29 is 14.3 Å². The number of benzene rings is 4. The predicted molar refractivity (Wildman–Crippen MR) is 169 cm³/mol. The third kappa shape index (κ3) is 7.68. The second-order valence-corrected chi connectivity index (χ2v) is 11.0. The Morgan fingerprint density at radius 1 is 0.857 bits per heavy atom. The third-order valence-electron chi connectivity index (χ3n) is 7.96. The van der Waals surface area contributed by atoms with E-state index in [1.165, 1.54) is 11.1 Å². The van der Waals surface area contributed by atoms with Crippen molar-refractivity contribution in [1.29, 1.82) is 0 Å². The zero-order valence-corrected chi connectivity index (χ0v) is 24.5. The molecule has 0 bridgehead atoms. The number of amides is 2. The predicted octanol–water partition coefficient (Wildman–Crippen LogP) is 4.75. The van der Waals surface area contributed by atoms with Gasteiger partial charge in [0.2, 0.25) is 11.8 Å². The second kappa shape index (κ2) is 14.0. The van der Waals surface area contributed by atoms with Gasteiger partial charge in [0.05, 0.1) is 19.7 Å². The largest absolute Gasteiger partial charge is 0.496 e. The summed E-state index contributed by atoms with van der Waals surface area (Å²) in [6.45, 7) is 6.14. The van der Waals surface area contributed by atoms with Crippen molar-refractivity contribution in [2.75, 3.05) is 51.3 Å². The molecule has 5 rings (SSSR count). The van der Waals surface area contributed by atoms with E-state index in [4.69, 9.17) is 4.74 Å². The molecule has 4 aromatic rings. The number of hydrogen-bond donors (Lipinski definition) is 1. The minimum Gasteiger partial charge on any atom is -0.496 e. The molecule has 1 unspecified atom stereocenters. The summed E-state index contributed by atoms with van der Waals surface area (Å²) in [7, 11) is 1.64. The lowest BCUT2D eigenvalue weighted by Crippen LogP contribution is -2.52. The number of rotatable bonds is 11. The Balaban J connectivity index is 1.28. The fourth-order valence-corrected chi connectivity index (χ4v) is 5.70. The summed E-state index contributed by atoms with van der Waals surface area (Å²) in [4.78, 5) is 32.6. The molecule has 1 heterocycles. The monoisotopic (exact) mass is 564 g/mol. The van der Waals surface area contributed by atoms with Crippen LogP contribution in [0, 0.1) is 0 Å². The Hall–Kier alpha value is -4.36. The molecule has 42 heavy (non-hydrogen) atoms. The van der Waals surface area contributed by atoms with Gasteiger partial charge in [-0.15, -0.1) is 0 Å². The van der Waals surface area contributed by atoms with E-state index in [-0.39, 0.29) is 17.9 Å². The number of nitrogens with zero attached hydrogens (tertiary/aromatic N) is 3. The highest BCUT2D eigenvalue weighted by Crippen LogP contribution is 2.21. The van der Waals surface area contributed by atoms with Gasteiger partial charge in [0.25, 0.3) is 0 Å². The van der Waals surface area contributed by atoms with E-state index in [0.29, 0.717) is 26.1 Å². The van der Waals surface area contributed by atoms with Crippen LogP contribution in [0.15, 0.2) is 97.1 Å². The Kier molecular flexibility index (Phi) is 9.72. The molecule has 1 aliphatic rings. The average Bonchev–Trinajstić information content (AvgIpc) is 3.01. The Morgan fingerprint density at radius 2 is 1.55 bits per heavy atom. The van der Waals surface area contributed by atoms with Crippen LogP contribution in [0.5, 0.6) is 5.75 Å². The molecule has 1 N–H and O–H groups in total. The molecule has 0 radical (unpaired) electrons. The first-order valence-electron chi connectivity index (χ1n) is 14.7. The molecule has 1 fully saturated rings. The molecule has 1 atom stereocenters. The maximum Gasteiger partial charge on any atom is 0.234 e. The number of anilines is 1. The molecule has 1 aliphatic heterocycles. The van der Waals surface area contributed by atoms with Gasteiger partial charge in [-0.05, 0) is 41.0 Å². The van der Waals surface area contributed by atoms with Crippen molar-refractivity contribution in [1.82, 2.24) is 15.1 Å². The quantitative estimate of drug-likeness (QED) is 0.285. The molecule has 0 saturated carbocycles. The Morgan fingerprint density at radius 3 is 2.29 bits per heavy atom. The number of ether oxygens (including phenoxy) is 1. The molecule has 1 saturated heterocycles. The average molecular weight is 565 g/mol. The molecular formula is C35H40N4O3. The van der Waals surface area contributed by atoms with Gasteiger partial charge in [0.15, 0.2) is 0 Å². The van der Waals surface area contributed by atoms with Gasteiger partial charge in [-0.2, -0.15) is 0 Å². The molecule has 7 heteroatoms. The van der Waals surface area contributed by atoms with Crippen molar-refractivity contribution >= 4 is 28.3 Å². The van der Waals surface area contributed by atoms with Crippen LogP contribution < -0.4 is 15.0 Å². The van der Waals surface area contributed by atoms with Gasteiger partial charge in [0, 0.05) is 57.4 Å². The van der Waals surface area contributed by atoms with Crippen LogP contribution in [0.3, 0.4) is 0 Å². The van der Waals surface area contributed by atoms with Gasteiger partial charge >= 0.3 is 0 Å². The highest BCUT2D eigenvalue weighted by molar-refractivity contribution is 5.83. The van der Waals surface area contributed by atoms with E-state index in [1.807, 2.05) is 42.5 Å². The molecule has 7 nitrogen and oxygen atoms in total. The zero-order chi connectivity index (χ0) is 29.3. The molecule has 0 aromatic heterocycles. The van der Waals surface area contributed by atoms with Gasteiger partial charge in [-0.25, -0.2) is 0 Å². The minimum absolute atomic E-state index is 0.0188. The van der Waals surface area contributed by atoms with Crippen molar-refractivity contribution in [2.45, 2.75) is 25.9 Å². The fraction of sp³-hybridized carbons (Fsp3) is 0.314. The highest BCUT2D eigenvalue weighted by atomic mass is 16.5. The van der Waals surface area contributed by atoms with E-state index in [1.54, 1.807) is 18.9 Å². The molecule has 0 aliphatic carbocycles. The number of para-hydroxylation sites is 2. The molecule has 2 amide bonds. The number of methoxy groups -OCH3 is 1. The van der Waals surface area contributed by atoms with Crippen LogP contribution in [0.1, 0.15) is 18.1 Å². The Bertz CT molecular complexity index is 1480. The maximum atomic E-state index is 13.4. The first kappa shape index (κ1) is 29.1. The van der Waals surface area contributed by atoms with Crippen LogP contribution in [-0.2, 0) is 22.6 Å². The van der Waals surface area contributed by atoms with Gasteiger partial charge in [-0.3, -0.25) is 14.5 Å². The van der Waals surface area contributed by atoms with E-state index in [0.717, 1.165) is 48.4 Å². The lowest BCUT2D eigenvalue weighted by Gasteiger charge is -2.36. The molecule has 4 aromatic carbocycles. The van der Waals surface area contributed by atoms with Crippen LogP contribution in [-0.4, -0.2) is 74.0 Å². The van der Waals surface area contributed by atoms with Crippen LogP contribution in [0.25, 0.3) is 10.8 Å². The van der Waals surface area contributed by atoms with Crippen LogP contribution in [0.2, 0.25) is 0 Å². The maximum absolute atomic E-state index is 13.4. The summed E-state index contributed by atoms with van der Waals surface area (Å²) in [5.41, 5.74) is 3.27. The van der Waals surface area contributed by atoms with Crippen molar-refractivity contribution in [3.05, 3.63) is 108 Å². The molecular weight excluding hydrogens is 524 g/mol. The van der Waals surface area contributed by atoms with E-state index >= 15 is 0 Å². The highest BCUT2D eigenvalue weighted by Gasteiger charge is 2.23. The first-order chi connectivity index (χ1) is 20.5. The lowest BCUT2D eigenvalue weighted by atomic mass is 10.0. The summed E-state index contributed by atoms with van der Waals surface area (Å²) >= 11 is 0. The number of piperazine rings is 1. The lowest BCUT2D eigenvalue weighted by molar-refractivity contribution is -0.131.